The third kappa shape index (κ3) is 31.6. The summed E-state index contributed by atoms with van der Waals surface area (Å²) in [6.07, 6.45) is 39.2. The third-order valence-electron chi connectivity index (χ3n) is 14.9. The molecular weight excluding hydrogens is 943 g/mol. The van der Waals surface area contributed by atoms with Gasteiger partial charge in [-0.15, -0.1) is 0 Å². The van der Waals surface area contributed by atoms with Crippen LogP contribution >= 0.6 is 0 Å². The second-order valence-corrected chi connectivity index (χ2v) is 21.5. The van der Waals surface area contributed by atoms with Crippen molar-refractivity contribution in [2.45, 2.75) is 319 Å². The normalized spacial score (nSPS) is 25.4. The van der Waals surface area contributed by atoms with Crippen LogP contribution in [0.1, 0.15) is 245 Å². The molecule has 0 bridgehead atoms. The lowest BCUT2D eigenvalue weighted by Gasteiger charge is -2.46. The average Bonchev–Trinajstić information content (AvgIpc) is 3.40. The fourth-order valence-electron chi connectivity index (χ4n) is 9.95. The van der Waals surface area contributed by atoms with Gasteiger partial charge in [-0.2, -0.15) is 0 Å². The summed E-state index contributed by atoms with van der Waals surface area (Å²) in [6.45, 7) is 2.79. The number of amides is 1. The zero-order valence-corrected chi connectivity index (χ0v) is 46.6. The highest BCUT2D eigenvalue weighted by atomic mass is 16.7. The van der Waals surface area contributed by atoms with Gasteiger partial charge in [0.05, 0.1) is 32.0 Å². The summed E-state index contributed by atoms with van der Waals surface area (Å²) in [4.78, 5) is 13.2. The van der Waals surface area contributed by atoms with Crippen molar-refractivity contribution < 1.29 is 64.6 Å². The molecule has 0 aromatic carbocycles. The van der Waals surface area contributed by atoms with Crippen LogP contribution in [0.2, 0.25) is 0 Å². The van der Waals surface area contributed by atoms with Crippen LogP contribution in [0.25, 0.3) is 0 Å². The van der Waals surface area contributed by atoms with Crippen LogP contribution in [-0.4, -0.2) is 140 Å². The molecule has 0 saturated carbocycles. The Morgan fingerprint density at radius 1 is 0.486 bits per heavy atom. The largest absolute Gasteiger partial charge is 0.394 e. The average molecular weight is 1050 g/mol. The Hall–Kier alpha value is -1.79. The number of aliphatic hydroxyl groups is 8. The standard InChI is InChI=1S/C60H111NO13/c1-3-5-7-9-11-12-13-14-15-16-17-18-19-20-21-22-23-24-25-26-27-28-29-30-31-32-33-34-35-36-38-40-42-44-52(65)61-48(49(64)43-41-39-37-10-8-6-4-2)47-71-59-57(70)55(68)58(51(46-63)73-59)74-60-56(69)54(67)53(66)50(45-62)72-60/h13-14,16-17,19-20,48-51,53-60,62-64,66-70H,3-12,15,18,21-47H2,1-2H3,(H,61,65)/b14-13-,17-16-,20-19-. The minimum absolute atomic E-state index is 0.209. The van der Waals surface area contributed by atoms with Gasteiger partial charge in [0.1, 0.15) is 48.8 Å². The number of nitrogens with one attached hydrogen (secondary N) is 1. The Morgan fingerprint density at radius 3 is 1.36 bits per heavy atom. The predicted molar refractivity (Wildman–Crippen MR) is 295 cm³/mol. The number of aliphatic hydroxyl groups excluding tert-OH is 8. The maximum atomic E-state index is 13.2. The molecule has 0 aromatic rings. The second kappa shape index (κ2) is 46.2. The summed E-state index contributed by atoms with van der Waals surface area (Å²) in [5.74, 6) is -0.209. The van der Waals surface area contributed by atoms with Gasteiger partial charge in [0.2, 0.25) is 5.91 Å². The van der Waals surface area contributed by atoms with E-state index in [0.717, 1.165) is 64.2 Å². The highest BCUT2D eigenvalue weighted by molar-refractivity contribution is 5.76. The molecule has 1 amide bonds. The van der Waals surface area contributed by atoms with Crippen molar-refractivity contribution in [2.75, 3.05) is 19.8 Å². The first-order valence-electron chi connectivity index (χ1n) is 30.2. The Labute approximate surface area is 449 Å². The summed E-state index contributed by atoms with van der Waals surface area (Å²) in [5.41, 5.74) is 0. The molecule has 0 aromatic heterocycles. The number of hydrogen-bond acceptors (Lipinski definition) is 13. The van der Waals surface area contributed by atoms with Crippen LogP contribution in [0.15, 0.2) is 36.5 Å². The van der Waals surface area contributed by atoms with Crippen molar-refractivity contribution in [1.29, 1.82) is 0 Å². The second-order valence-electron chi connectivity index (χ2n) is 21.5. The lowest BCUT2D eigenvalue weighted by molar-refractivity contribution is -0.359. The van der Waals surface area contributed by atoms with E-state index in [0.29, 0.717) is 12.8 Å². The van der Waals surface area contributed by atoms with Gasteiger partial charge >= 0.3 is 0 Å². The van der Waals surface area contributed by atoms with E-state index in [2.05, 4.69) is 55.6 Å². The summed E-state index contributed by atoms with van der Waals surface area (Å²) in [7, 11) is 0. The number of rotatable bonds is 48. The first-order valence-corrected chi connectivity index (χ1v) is 30.2. The molecule has 74 heavy (non-hydrogen) atoms. The minimum atomic E-state index is -1.78. The molecule has 14 heteroatoms. The molecule has 0 aliphatic carbocycles. The van der Waals surface area contributed by atoms with Crippen LogP contribution < -0.4 is 5.32 Å². The lowest BCUT2D eigenvalue weighted by atomic mass is 9.97. The van der Waals surface area contributed by atoms with E-state index in [9.17, 15) is 45.6 Å². The molecule has 14 nitrogen and oxygen atoms in total. The van der Waals surface area contributed by atoms with E-state index in [4.69, 9.17) is 18.9 Å². The van der Waals surface area contributed by atoms with Gasteiger partial charge in [0, 0.05) is 6.42 Å². The molecule has 2 heterocycles. The van der Waals surface area contributed by atoms with Crippen molar-refractivity contribution >= 4 is 5.91 Å². The van der Waals surface area contributed by atoms with Crippen molar-refractivity contribution in [3.05, 3.63) is 36.5 Å². The van der Waals surface area contributed by atoms with E-state index in [1.54, 1.807) is 0 Å². The Kier molecular flexibility index (Phi) is 42.6. The first-order chi connectivity index (χ1) is 36.1. The molecule has 12 atom stereocenters. The van der Waals surface area contributed by atoms with Crippen LogP contribution in [0.4, 0.5) is 0 Å². The Bertz CT molecular complexity index is 1380. The summed E-state index contributed by atoms with van der Waals surface area (Å²) >= 11 is 0. The fourth-order valence-corrected chi connectivity index (χ4v) is 9.95. The van der Waals surface area contributed by atoms with Gasteiger partial charge in [-0.05, 0) is 51.4 Å². The first kappa shape index (κ1) is 68.3. The van der Waals surface area contributed by atoms with Crippen molar-refractivity contribution in [1.82, 2.24) is 5.32 Å². The molecule has 9 N–H and O–H groups in total. The van der Waals surface area contributed by atoms with Gasteiger partial charge < -0.3 is 65.1 Å². The number of carbonyl (C=O) groups is 1. The van der Waals surface area contributed by atoms with Gasteiger partial charge in [-0.3, -0.25) is 4.79 Å². The Morgan fingerprint density at radius 2 is 0.892 bits per heavy atom. The third-order valence-corrected chi connectivity index (χ3v) is 14.9. The molecule has 2 fully saturated rings. The maximum absolute atomic E-state index is 13.2. The lowest BCUT2D eigenvalue weighted by Crippen LogP contribution is -2.65. The van der Waals surface area contributed by atoms with Crippen LogP contribution in [0.5, 0.6) is 0 Å². The molecular formula is C60H111NO13. The molecule has 2 rings (SSSR count). The smallest absolute Gasteiger partial charge is 0.220 e. The molecule has 2 saturated heterocycles. The summed E-state index contributed by atoms with van der Waals surface area (Å²) in [6, 6.07) is -0.824. The SMILES string of the molecule is CCCCCCC/C=C\C/C=C\C/C=C\CCCCCCCCCCCCCCCCCCCCC(=O)NC(COC1OC(CO)C(OC2OC(CO)C(O)C(O)C2O)C(O)C1O)C(O)CCCCCCCCC. The Balaban J connectivity index is 1.56. The van der Waals surface area contributed by atoms with E-state index in [1.165, 1.54) is 154 Å². The number of ether oxygens (including phenoxy) is 4. The van der Waals surface area contributed by atoms with E-state index in [1.807, 2.05) is 0 Å². The summed E-state index contributed by atoms with van der Waals surface area (Å²) < 4.78 is 22.7. The monoisotopic (exact) mass is 1050 g/mol. The number of carbonyl (C=O) groups excluding carboxylic acids is 1. The van der Waals surface area contributed by atoms with Gasteiger partial charge in [0.25, 0.3) is 0 Å². The zero-order valence-electron chi connectivity index (χ0n) is 46.6. The van der Waals surface area contributed by atoms with Crippen molar-refractivity contribution in [2.24, 2.45) is 0 Å². The zero-order chi connectivity index (χ0) is 53.9. The van der Waals surface area contributed by atoms with E-state index in [-0.39, 0.29) is 12.5 Å². The molecule has 0 spiro atoms. The number of hydrogen-bond donors (Lipinski definition) is 9. The van der Waals surface area contributed by atoms with Gasteiger partial charge in [-0.25, -0.2) is 0 Å². The van der Waals surface area contributed by atoms with Crippen LogP contribution in [0.3, 0.4) is 0 Å². The molecule has 0 radical (unpaired) electrons. The molecule has 434 valence electrons. The fraction of sp³-hybridized carbons (Fsp3) is 0.883. The molecule has 2 aliphatic rings. The minimum Gasteiger partial charge on any atom is -0.394 e. The highest BCUT2D eigenvalue weighted by Gasteiger charge is 2.51. The highest BCUT2D eigenvalue weighted by Crippen LogP contribution is 2.30. The molecule has 12 unspecified atom stereocenters. The van der Waals surface area contributed by atoms with E-state index >= 15 is 0 Å². The summed E-state index contributed by atoms with van der Waals surface area (Å²) in [5, 5.41) is 86.8. The quantitative estimate of drug-likeness (QED) is 0.0204. The topological polar surface area (TPSA) is 228 Å². The predicted octanol–water partition coefficient (Wildman–Crippen LogP) is 10.2. The van der Waals surface area contributed by atoms with Gasteiger partial charge in [-0.1, -0.05) is 224 Å². The maximum Gasteiger partial charge on any atom is 0.220 e. The van der Waals surface area contributed by atoms with Gasteiger partial charge in [0.15, 0.2) is 12.6 Å². The van der Waals surface area contributed by atoms with Crippen molar-refractivity contribution in [3.8, 4) is 0 Å². The molecule has 2 aliphatic heterocycles. The van der Waals surface area contributed by atoms with Crippen molar-refractivity contribution in [3.63, 3.8) is 0 Å². The number of allylic oxidation sites excluding steroid dienone is 6. The van der Waals surface area contributed by atoms with E-state index < -0.39 is 86.8 Å². The van der Waals surface area contributed by atoms with Crippen LogP contribution in [0, 0.1) is 0 Å². The van der Waals surface area contributed by atoms with Crippen LogP contribution in [-0.2, 0) is 23.7 Å². The number of unbranched alkanes of at least 4 members (excludes halogenated alkanes) is 29.